The lowest BCUT2D eigenvalue weighted by atomic mass is 9.90. The number of phenols is 1. The summed E-state index contributed by atoms with van der Waals surface area (Å²) in [7, 11) is 0. The highest BCUT2D eigenvalue weighted by molar-refractivity contribution is 14.1. The maximum absolute atomic E-state index is 13.8. The van der Waals surface area contributed by atoms with Gasteiger partial charge in [-0.1, -0.05) is 46.4 Å². The molecule has 1 aliphatic carbocycles. The Morgan fingerprint density at radius 1 is 0.891 bits per heavy atom. The molecule has 0 atom stereocenters. The number of esters is 1. The second-order valence-corrected chi connectivity index (χ2v) is 15.7. The van der Waals surface area contributed by atoms with Gasteiger partial charge in [0.25, 0.3) is 0 Å². The first-order valence-electron chi connectivity index (χ1n) is 13.3. The van der Waals surface area contributed by atoms with E-state index in [0.29, 0.717) is 76.0 Å². The van der Waals surface area contributed by atoms with Gasteiger partial charge in [0.15, 0.2) is 11.3 Å². The molecule has 0 bridgehead atoms. The average molecular weight is 1180 g/mol. The van der Waals surface area contributed by atoms with Crippen molar-refractivity contribution < 1.29 is 23.8 Å². The molecule has 1 heterocycles. The molecule has 0 saturated carbocycles. The summed E-state index contributed by atoms with van der Waals surface area (Å²) in [6, 6.07) is 3.32. The van der Waals surface area contributed by atoms with Crippen LogP contribution < -0.4 is 16.5 Å². The molecule has 46 heavy (non-hydrogen) atoms. The number of hydrogen-bond donors (Lipinski definition) is 3. The number of unbranched alkanes of at least 4 members (excludes halogenated alkanes) is 2. The molecule has 8 nitrogen and oxygen atoms in total. The van der Waals surface area contributed by atoms with Gasteiger partial charge >= 0.3 is 5.97 Å². The van der Waals surface area contributed by atoms with Crippen molar-refractivity contribution in [3.63, 3.8) is 0 Å². The summed E-state index contributed by atoms with van der Waals surface area (Å²) < 4.78 is 13.5. The summed E-state index contributed by atoms with van der Waals surface area (Å²) in [5.74, 6) is -0.620. The fraction of sp³-hybridized carbons (Fsp3) is 0.276. The summed E-state index contributed by atoms with van der Waals surface area (Å²) in [6.07, 6.45) is 2.83. The van der Waals surface area contributed by atoms with Gasteiger partial charge in [0, 0.05) is 35.0 Å². The molecule has 2 aromatic carbocycles. The van der Waals surface area contributed by atoms with Crippen LogP contribution in [0, 0.1) is 14.3 Å². The van der Waals surface area contributed by atoms with E-state index in [4.69, 9.17) is 61.3 Å². The third-order valence-corrected chi connectivity index (χ3v) is 12.1. The molecule has 0 radical (unpaired) electrons. The molecule has 4 rings (SSSR count). The minimum Gasteiger partial charge on any atom is -0.506 e. The molecule has 0 spiro atoms. The van der Waals surface area contributed by atoms with Crippen LogP contribution >= 0.6 is 149 Å². The van der Waals surface area contributed by atoms with Gasteiger partial charge in [-0.25, -0.2) is 4.79 Å². The number of halogens is 9. The fourth-order valence-electron chi connectivity index (χ4n) is 4.54. The van der Waals surface area contributed by atoms with Crippen LogP contribution in [0.15, 0.2) is 21.3 Å². The van der Waals surface area contributed by atoms with Crippen molar-refractivity contribution in [2.24, 2.45) is 5.73 Å². The number of rotatable bonds is 11. The quantitative estimate of drug-likeness (QED) is 0.0341. The SMILES string of the molecule is Cl.NCCCNC(=O)CCCCCOC(=O)c1c(Cl)c(Cl)c(Cl)c(Cl)c1-c1c2cc(I)c(=O)c(I)c-2oc2c(I)c(O)c(I)cc12. The first-order valence-corrected chi connectivity index (χ1v) is 19.1. The number of hydrogen-bond acceptors (Lipinski definition) is 7. The summed E-state index contributed by atoms with van der Waals surface area (Å²) in [6.45, 7) is 1.10. The van der Waals surface area contributed by atoms with Crippen LogP contribution in [0.25, 0.3) is 33.4 Å². The molecular weight excluding hydrogens is 1160 g/mol. The monoisotopic (exact) mass is 1180 g/mol. The standard InChI is InChI=1S/C29H22Cl4I4N2O6.ClH/c30-19-17(16-11-9-13(34)25(41)23(36)27(11)45-28-12(16)10-14(35)26(42)24(28)37)18(20(31)22(33)21(19)32)29(43)44-8-3-1-2-5-15(40)39-7-4-6-38;/h9-10,41H,1-8,38H2,(H,39,40);1H. The topological polar surface area (TPSA) is 132 Å². The van der Waals surface area contributed by atoms with Crippen LogP contribution in [-0.2, 0) is 9.53 Å². The zero-order valence-corrected chi connectivity index (χ0v) is 35.8. The molecule has 248 valence electrons. The van der Waals surface area contributed by atoms with Crippen molar-refractivity contribution >= 4 is 172 Å². The second kappa shape index (κ2) is 17.9. The number of carbonyl (C=O) groups excluding carboxylic acids is 2. The Morgan fingerprint density at radius 2 is 1.57 bits per heavy atom. The van der Waals surface area contributed by atoms with Crippen molar-refractivity contribution in [2.45, 2.75) is 32.1 Å². The number of nitrogens with two attached hydrogens (primary N) is 1. The lowest BCUT2D eigenvalue weighted by Gasteiger charge is -2.22. The minimum atomic E-state index is -0.787. The number of ether oxygens (including phenoxy) is 1. The summed E-state index contributed by atoms with van der Waals surface area (Å²) in [5.41, 5.74) is 6.36. The van der Waals surface area contributed by atoms with Gasteiger partial charge in [0.2, 0.25) is 11.3 Å². The van der Waals surface area contributed by atoms with E-state index in [1.165, 1.54) is 0 Å². The lowest BCUT2D eigenvalue weighted by Crippen LogP contribution is -2.25. The van der Waals surface area contributed by atoms with Gasteiger partial charge in [0.05, 0.1) is 43.0 Å². The van der Waals surface area contributed by atoms with E-state index in [2.05, 4.69) is 5.32 Å². The van der Waals surface area contributed by atoms with Crippen LogP contribution in [0.1, 0.15) is 42.5 Å². The van der Waals surface area contributed by atoms with Crippen LogP contribution in [0.2, 0.25) is 20.1 Å². The third kappa shape index (κ3) is 8.55. The molecule has 1 amide bonds. The van der Waals surface area contributed by atoms with Gasteiger partial charge in [0.1, 0.15) is 9.32 Å². The van der Waals surface area contributed by atoms with E-state index in [-0.39, 0.29) is 78.7 Å². The minimum absolute atomic E-state index is 0. The van der Waals surface area contributed by atoms with Gasteiger partial charge in [-0.2, -0.15) is 0 Å². The molecule has 2 aromatic rings. The number of aromatic hydroxyl groups is 1. The molecule has 0 fully saturated rings. The van der Waals surface area contributed by atoms with Crippen molar-refractivity contribution in [3.05, 3.63) is 62.3 Å². The maximum atomic E-state index is 13.8. The zero-order chi connectivity index (χ0) is 33.2. The van der Waals surface area contributed by atoms with Gasteiger partial charge < -0.3 is 25.3 Å². The van der Waals surface area contributed by atoms with Crippen molar-refractivity contribution in [1.29, 1.82) is 0 Å². The number of phenolic OH excluding ortho intramolecular Hbond substituents is 1. The number of nitrogens with one attached hydrogen (secondary N) is 1. The molecule has 0 unspecified atom stereocenters. The van der Waals surface area contributed by atoms with E-state index in [1.54, 1.807) is 12.1 Å². The first kappa shape index (κ1) is 40.6. The normalized spacial score (nSPS) is 11.2. The summed E-state index contributed by atoms with van der Waals surface area (Å²) in [4.78, 5) is 38.6. The van der Waals surface area contributed by atoms with Gasteiger partial charge in [-0.3, -0.25) is 9.59 Å². The predicted octanol–water partition coefficient (Wildman–Crippen LogP) is 9.91. The van der Waals surface area contributed by atoms with E-state index in [1.807, 2.05) is 90.4 Å². The Bertz CT molecular complexity index is 1860. The van der Waals surface area contributed by atoms with Crippen LogP contribution in [0.4, 0.5) is 0 Å². The number of benzene rings is 3. The number of carbonyl (C=O) groups is 2. The molecule has 0 aromatic heterocycles. The Kier molecular flexibility index (Phi) is 15.8. The van der Waals surface area contributed by atoms with Crippen LogP contribution in [-0.4, -0.2) is 36.7 Å². The Balaban J connectivity index is 0.00000576. The molecule has 2 aliphatic rings. The molecular formula is C29H23Cl5I4N2O6. The number of fused-ring (bicyclic) bond motifs is 2. The van der Waals surface area contributed by atoms with E-state index in [0.717, 1.165) is 0 Å². The van der Waals surface area contributed by atoms with E-state index < -0.39 is 5.97 Å². The summed E-state index contributed by atoms with van der Waals surface area (Å²) >= 11 is 34.4. The number of amides is 1. The summed E-state index contributed by atoms with van der Waals surface area (Å²) in [5, 5.41) is 13.6. The van der Waals surface area contributed by atoms with Crippen LogP contribution in [0.5, 0.6) is 5.75 Å². The Morgan fingerprint density at radius 3 is 2.24 bits per heavy atom. The largest absolute Gasteiger partial charge is 0.506 e. The van der Waals surface area contributed by atoms with E-state index >= 15 is 0 Å². The smallest absolute Gasteiger partial charge is 0.340 e. The first-order chi connectivity index (χ1) is 21.3. The third-order valence-electron chi connectivity index (χ3n) is 6.73. The lowest BCUT2D eigenvalue weighted by molar-refractivity contribution is -0.121. The maximum Gasteiger partial charge on any atom is 0.340 e. The average Bonchev–Trinajstić information content (AvgIpc) is 3.01. The predicted molar refractivity (Wildman–Crippen MR) is 220 cm³/mol. The molecule has 17 heteroatoms. The highest BCUT2D eigenvalue weighted by Crippen LogP contribution is 2.52. The van der Waals surface area contributed by atoms with Crippen molar-refractivity contribution in [1.82, 2.24) is 5.32 Å². The Hall–Kier alpha value is 0.200. The van der Waals surface area contributed by atoms with Crippen LogP contribution in [0.3, 0.4) is 0 Å². The fourth-order valence-corrected chi connectivity index (χ4v) is 9.14. The van der Waals surface area contributed by atoms with Crippen molar-refractivity contribution in [2.75, 3.05) is 19.7 Å². The molecule has 4 N–H and O–H groups in total. The molecule has 1 aliphatic heterocycles. The molecule has 0 saturated heterocycles. The second-order valence-electron chi connectivity index (χ2n) is 9.70. The highest BCUT2D eigenvalue weighted by Gasteiger charge is 2.33. The highest BCUT2D eigenvalue weighted by atomic mass is 127. The van der Waals surface area contributed by atoms with Gasteiger partial charge in [-0.15, -0.1) is 12.4 Å². The zero-order valence-electron chi connectivity index (χ0n) is 23.3. The van der Waals surface area contributed by atoms with E-state index in [9.17, 15) is 19.5 Å². The van der Waals surface area contributed by atoms with Gasteiger partial charge in [-0.05, 0) is 135 Å². The Labute approximate surface area is 344 Å². The van der Waals surface area contributed by atoms with Crippen molar-refractivity contribution in [3.8, 4) is 28.2 Å².